The molecule has 0 spiro atoms. The van der Waals surface area contributed by atoms with Gasteiger partial charge in [-0.25, -0.2) is 4.79 Å². The van der Waals surface area contributed by atoms with Crippen molar-refractivity contribution in [2.24, 2.45) is 5.92 Å². The first-order chi connectivity index (χ1) is 13.4. The number of esters is 1. The molecule has 3 rings (SSSR count). The van der Waals surface area contributed by atoms with Crippen LogP contribution in [0.3, 0.4) is 0 Å². The van der Waals surface area contributed by atoms with Crippen LogP contribution >= 0.6 is 0 Å². The molecule has 0 bridgehead atoms. The maximum absolute atomic E-state index is 12.6. The van der Waals surface area contributed by atoms with Crippen LogP contribution in [0.25, 0.3) is 11.0 Å². The fraction of sp³-hybridized carbons (Fsp3) is 0.273. The third-order valence-electron chi connectivity index (χ3n) is 3.87. The smallest absolute Gasteiger partial charge is 0.344 e. The number of fused-ring (bicyclic) bond motifs is 1. The van der Waals surface area contributed by atoms with Crippen molar-refractivity contribution < 1.29 is 23.4 Å². The van der Waals surface area contributed by atoms with Gasteiger partial charge >= 0.3 is 5.97 Å². The van der Waals surface area contributed by atoms with Gasteiger partial charge in [0.1, 0.15) is 23.3 Å². The van der Waals surface area contributed by atoms with Gasteiger partial charge in [0.15, 0.2) is 6.61 Å². The molecular formula is C22H22O6. The highest BCUT2D eigenvalue weighted by atomic mass is 16.6. The first-order valence-electron chi connectivity index (χ1n) is 9.01. The highest BCUT2D eigenvalue weighted by Crippen LogP contribution is 2.24. The summed E-state index contributed by atoms with van der Waals surface area (Å²) in [6, 6.07) is 12.1. The monoisotopic (exact) mass is 382 g/mol. The fourth-order valence-corrected chi connectivity index (χ4v) is 2.50. The fourth-order valence-electron chi connectivity index (χ4n) is 2.50. The zero-order chi connectivity index (χ0) is 20.1. The molecule has 0 aliphatic rings. The highest BCUT2D eigenvalue weighted by Gasteiger charge is 2.11. The average molecular weight is 382 g/mol. The summed E-state index contributed by atoms with van der Waals surface area (Å²) < 4.78 is 21.7. The Labute approximate surface area is 162 Å². The van der Waals surface area contributed by atoms with Crippen molar-refractivity contribution in [1.29, 1.82) is 0 Å². The number of ether oxygens (including phenoxy) is 3. The highest BCUT2D eigenvalue weighted by molar-refractivity contribution is 5.79. The summed E-state index contributed by atoms with van der Waals surface area (Å²) in [7, 11) is 0. The van der Waals surface area contributed by atoms with Gasteiger partial charge in [-0.2, -0.15) is 0 Å². The Morgan fingerprint density at radius 3 is 2.68 bits per heavy atom. The van der Waals surface area contributed by atoms with Crippen LogP contribution in [-0.4, -0.2) is 19.2 Å². The van der Waals surface area contributed by atoms with Crippen molar-refractivity contribution >= 4 is 16.9 Å². The number of carbonyl (C=O) groups is 1. The summed E-state index contributed by atoms with van der Waals surface area (Å²) in [5, 5.41) is 0.361. The SMILES string of the molecule is Cc1cccc(Oc2coc3cc(OCC(=O)OCC(C)C)ccc3c2=O)c1. The molecule has 1 aromatic heterocycles. The Balaban J connectivity index is 1.73. The van der Waals surface area contributed by atoms with E-state index in [0.717, 1.165) is 5.56 Å². The molecule has 1 heterocycles. The third kappa shape index (κ3) is 4.91. The third-order valence-corrected chi connectivity index (χ3v) is 3.87. The van der Waals surface area contributed by atoms with Gasteiger partial charge in [0.25, 0.3) is 0 Å². The van der Waals surface area contributed by atoms with E-state index in [0.29, 0.717) is 29.1 Å². The molecule has 28 heavy (non-hydrogen) atoms. The Morgan fingerprint density at radius 1 is 1.11 bits per heavy atom. The van der Waals surface area contributed by atoms with Gasteiger partial charge in [-0.05, 0) is 42.7 Å². The van der Waals surface area contributed by atoms with Crippen molar-refractivity contribution in [2.75, 3.05) is 13.2 Å². The molecule has 3 aromatic rings. The van der Waals surface area contributed by atoms with E-state index in [9.17, 15) is 9.59 Å². The van der Waals surface area contributed by atoms with E-state index in [-0.39, 0.29) is 23.7 Å². The summed E-state index contributed by atoms with van der Waals surface area (Å²) >= 11 is 0. The molecule has 0 saturated heterocycles. The van der Waals surface area contributed by atoms with Crippen LogP contribution in [0.4, 0.5) is 0 Å². The second-order valence-corrected chi connectivity index (χ2v) is 6.87. The zero-order valence-corrected chi connectivity index (χ0v) is 16.1. The molecule has 0 fully saturated rings. The molecule has 0 atom stereocenters. The molecule has 2 aromatic carbocycles. The van der Waals surface area contributed by atoms with E-state index in [2.05, 4.69) is 0 Å². The van der Waals surface area contributed by atoms with Gasteiger partial charge in [-0.1, -0.05) is 26.0 Å². The molecule has 0 aliphatic carbocycles. The lowest BCUT2D eigenvalue weighted by molar-refractivity contribution is -0.147. The largest absolute Gasteiger partial charge is 0.482 e. The first kappa shape index (κ1) is 19.5. The second-order valence-electron chi connectivity index (χ2n) is 6.87. The second kappa shape index (κ2) is 8.61. The number of hydrogen-bond acceptors (Lipinski definition) is 6. The molecule has 6 heteroatoms. The molecule has 0 aliphatic heterocycles. The Morgan fingerprint density at radius 2 is 1.93 bits per heavy atom. The molecule has 0 amide bonds. The van der Waals surface area contributed by atoms with Crippen molar-refractivity contribution in [3.8, 4) is 17.2 Å². The summed E-state index contributed by atoms with van der Waals surface area (Å²) in [4.78, 5) is 24.3. The number of rotatable bonds is 7. The average Bonchev–Trinajstić information content (AvgIpc) is 2.67. The van der Waals surface area contributed by atoms with Crippen molar-refractivity contribution in [3.63, 3.8) is 0 Å². The lowest BCUT2D eigenvalue weighted by Crippen LogP contribution is -2.17. The van der Waals surface area contributed by atoms with Crippen LogP contribution in [0.2, 0.25) is 0 Å². The van der Waals surface area contributed by atoms with Crippen molar-refractivity contribution in [2.45, 2.75) is 20.8 Å². The minimum atomic E-state index is -0.447. The van der Waals surface area contributed by atoms with Gasteiger partial charge < -0.3 is 18.6 Å². The maximum Gasteiger partial charge on any atom is 0.344 e. The van der Waals surface area contributed by atoms with Gasteiger partial charge in [0, 0.05) is 6.07 Å². The molecule has 146 valence electrons. The van der Waals surface area contributed by atoms with Crippen LogP contribution in [0.5, 0.6) is 17.2 Å². The number of aryl methyl sites for hydroxylation is 1. The van der Waals surface area contributed by atoms with Crippen LogP contribution in [0.15, 0.2) is 57.9 Å². The number of carbonyl (C=O) groups excluding carboxylic acids is 1. The summed E-state index contributed by atoms with van der Waals surface area (Å²) in [6.07, 6.45) is 1.27. The maximum atomic E-state index is 12.6. The Bertz CT molecular complexity index is 1030. The minimum absolute atomic E-state index is 0.101. The lowest BCUT2D eigenvalue weighted by atomic mass is 10.2. The molecular weight excluding hydrogens is 360 g/mol. The van der Waals surface area contributed by atoms with Crippen LogP contribution in [0.1, 0.15) is 19.4 Å². The van der Waals surface area contributed by atoms with Crippen LogP contribution in [0, 0.1) is 12.8 Å². The Hall–Kier alpha value is -3.28. The van der Waals surface area contributed by atoms with Crippen molar-refractivity contribution in [1.82, 2.24) is 0 Å². The molecule has 0 saturated carbocycles. The van der Waals surface area contributed by atoms with E-state index in [1.54, 1.807) is 24.3 Å². The molecule has 0 radical (unpaired) electrons. The summed E-state index contributed by atoms with van der Waals surface area (Å²) in [5.74, 6) is 0.882. The van der Waals surface area contributed by atoms with Gasteiger partial charge in [0.05, 0.1) is 12.0 Å². The topological polar surface area (TPSA) is 75.0 Å². The number of benzene rings is 2. The van der Waals surface area contributed by atoms with Crippen LogP contribution < -0.4 is 14.9 Å². The predicted octanol–water partition coefficient (Wildman–Crippen LogP) is 4.47. The Kier molecular flexibility index (Phi) is 5.99. The van der Waals surface area contributed by atoms with Crippen LogP contribution in [-0.2, 0) is 9.53 Å². The number of hydrogen-bond donors (Lipinski definition) is 0. The predicted molar refractivity (Wildman–Crippen MR) is 105 cm³/mol. The van der Waals surface area contributed by atoms with Gasteiger partial charge in [-0.15, -0.1) is 0 Å². The van der Waals surface area contributed by atoms with Gasteiger partial charge in [-0.3, -0.25) is 4.79 Å². The minimum Gasteiger partial charge on any atom is -0.482 e. The van der Waals surface area contributed by atoms with E-state index < -0.39 is 5.97 Å². The summed E-state index contributed by atoms with van der Waals surface area (Å²) in [5.41, 5.74) is 1.08. The standard InChI is InChI=1S/C22H22O6/c1-14(2)11-27-21(23)13-25-16-7-8-18-19(10-16)26-12-20(22(18)24)28-17-6-4-5-15(3)9-17/h4-10,12,14H,11,13H2,1-3H3. The summed E-state index contributed by atoms with van der Waals surface area (Å²) in [6.45, 7) is 5.98. The van der Waals surface area contributed by atoms with Gasteiger partial charge in [0.2, 0.25) is 11.2 Å². The van der Waals surface area contributed by atoms with E-state index in [1.807, 2.05) is 39.0 Å². The van der Waals surface area contributed by atoms with E-state index in [4.69, 9.17) is 18.6 Å². The molecule has 0 N–H and O–H groups in total. The quantitative estimate of drug-likeness (QED) is 0.561. The van der Waals surface area contributed by atoms with E-state index in [1.165, 1.54) is 6.26 Å². The van der Waals surface area contributed by atoms with Crippen molar-refractivity contribution in [3.05, 3.63) is 64.5 Å². The lowest BCUT2D eigenvalue weighted by Gasteiger charge is -2.09. The molecule has 0 unspecified atom stereocenters. The zero-order valence-electron chi connectivity index (χ0n) is 16.1. The normalized spacial score (nSPS) is 10.9. The van der Waals surface area contributed by atoms with E-state index >= 15 is 0 Å². The molecule has 6 nitrogen and oxygen atoms in total. The first-order valence-corrected chi connectivity index (χ1v) is 9.01.